The van der Waals surface area contributed by atoms with Crippen LogP contribution in [0, 0.1) is 17.8 Å². The van der Waals surface area contributed by atoms with Crippen molar-refractivity contribution >= 4 is 5.91 Å². The Hall–Kier alpha value is -0.570. The normalized spacial score (nSPS) is 24.2. The SMILES string of the molecule is CC(C)CCCNC(=O)C1CCCC(CCN)C1. The van der Waals surface area contributed by atoms with Gasteiger partial charge in [-0.1, -0.05) is 26.7 Å². The van der Waals surface area contributed by atoms with E-state index in [1.807, 2.05) is 0 Å². The van der Waals surface area contributed by atoms with Gasteiger partial charge in [-0.3, -0.25) is 4.79 Å². The van der Waals surface area contributed by atoms with Gasteiger partial charge in [0.05, 0.1) is 0 Å². The predicted molar refractivity (Wildman–Crippen MR) is 76.2 cm³/mol. The van der Waals surface area contributed by atoms with Crippen LogP contribution in [0.3, 0.4) is 0 Å². The summed E-state index contributed by atoms with van der Waals surface area (Å²) in [4.78, 5) is 12.1. The lowest BCUT2D eigenvalue weighted by Gasteiger charge is -2.28. The van der Waals surface area contributed by atoms with Gasteiger partial charge in [0.25, 0.3) is 0 Å². The maximum Gasteiger partial charge on any atom is 0.223 e. The van der Waals surface area contributed by atoms with Crippen LogP contribution in [0.15, 0.2) is 0 Å². The fourth-order valence-electron chi connectivity index (χ4n) is 2.89. The van der Waals surface area contributed by atoms with E-state index in [2.05, 4.69) is 19.2 Å². The molecule has 1 saturated carbocycles. The Labute approximate surface area is 112 Å². The largest absolute Gasteiger partial charge is 0.356 e. The van der Waals surface area contributed by atoms with Crippen molar-refractivity contribution in [1.29, 1.82) is 0 Å². The topological polar surface area (TPSA) is 55.1 Å². The quantitative estimate of drug-likeness (QED) is 0.686. The summed E-state index contributed by atoms with van der Waals surface area (Å²) in [5.74, 6) is 1.93. The van der Waals surface area contributed by atoms with E-state index in [0.29, 0.717) is 5.92 Å². The molecule has 0 spiro atoms. The van der Waals surface area contributed by atoms with Crippen molar-refractivity contribution in [2.75, 3.05) is 13.1 Å². The molecule has 0 aliphatic heterocycles. The average Bonchev–Trinajstić information content (AvgIpc) is 2.35. The molecule has 2 atom stereocenters. The summed E-state index contributed by atoms with van der Waals surface area (Å²) in [7, 11) is 0. The monoisotopic (exact) mass is 254 g/mol. The second-order valence-electron chi connectivity index (χ2n) is 6.13. The van der Waals surface area contributed by atoms with Gasteiger partial charge in [-0.15, -0.1) is 0 Å². The highest BCUT2D eigenvalue weighted by Crippen LogP contribution is 2.30. The van der Waals surface area contributed by atoms with Crippen LogP contribution in [-0.4, -0.2) is 19.0 Å². The molecule has 0 aromatic carbocycles. The van der Waals surface area contributed by atoms with Crippen LogP contribution in [0.2, 0.25) is 0 Å². The van der Waals surface area contributed by atoms with Gasteiger partial charge in [0.2, 0.25) is 5.91 Å². The van der Waals surface area contributed by atoms with Crippen LogP contribution >= 0.6 is 0 Å². The van der Waals surface area contributed by atoms with Gasteiger partial charge in [-0.25, -0.2) is 0 Å². The van der Waals surface area contributed by atoms with Crippen molar-refractivity contribution in [3.8, 4) is 0 Å². The van der Waals surface area contributed by atoms with Gasteiger partial charge >= 0.3 is 0 Å². The molecule has 2 unspecified atom stereocenters. The third-order valence-electron chi connectivity index (χ3n) is 3.99. The molecule has 0 heterocycles. The summed E-state index contributed by atoms with van der Waals surface area (Å²) in [6, 6.07) is 0. The highest BCUT2D eigenvalue weighted by Gasteiger charge is 2.26. The van der Waals surface area contributed by atoms with Crippen molar-refractivity contribution < 1.29 is 4.79 Å². The van der Waals surface area contributed by atoms with E-state index >= 15 is 0 Å². The van der Waals surface area contributed by atoms with E-state index in [-0.39, 0.29) is 11.8 Å². The Kier molecular flexibility index (Phi) is 7.33. The van der Waals surface area contributed by atoms with Crippen molar-refractivity contribution in [3.63, 3.8) is 0 Å². The van der Waals surface area contributed by atoms with Crippen LogP contribution < -0.4 is 11.1 Å². The van der Waals surface area contributed by atoms with Crippen LogP contribution in [0.4, 0.5) is 0 Å². The molecule has 3 heteroatoms. The molecule has 0 saturated heterocycles. The molecule has 18 heavy (non-hydrogen) atoms. The zero-order valence-electron chi connectivity index (χ0n) is 12.1. The number of carbonyl (C=O) groups is 1. The Bertz CT molecular complexity index is 239. The summed E-state index contributed by atoms with van der Waals surface area (Å²) in [6.07, 6.45) is 7.94. The van der Waals surface area contributed by atoms with Gasteiger partial charge in [0.15, 0.2) is 0 Å². The highest BCUT2D eigenvalue weighted by molar-refractivity contribution is 5.78. The molecule has 106 valence electrons. The maximum atomic E-state index is 12.1. The van der Waals surface area contributed by atoms with Crippen LogP contribution in [0.5, 0.6) is 0 Å². The molecule has 1 fully saturated rings. The smallest absolute Gasteiger partial charge is 0.223 e. The second-order valence-corrected chi connectivity index (χ2v) is 6.13. The molecule has 0 bridgehead atoms. The van der Waals surface area contributed by atoms with E-state index < -0.39 is 0 Å². The molecule has 3 N–H and O–H groups in total. The standard InChI is InChI=1S/C15H30N2O/c1-12(2)5-4-10-17-15(18)14-7-3-6-13(11-14)8-9-16/h12-14H,3-11,16H2,1-2H3,(H,17,18). The van der Waals surface area contributed by atoms with Crippen LogP contribution in [0.25, 0.3) is 0 Å². The Morgan fingerprint density at radius 1 is 1.39 bits per heavy atom. The first kappa shape index (κ1) is 15.5. The minimum absolute atomic E-state index is 0.245. The molecule has 3 nitrogen and oxygen atoms in total. The first-order valence-corrected chi connectivity index (χ1v) is 7.61. The molecule has 0 aromatic heterocycles. The molecule has 1 rings (SSSR count). The van der Waals surface area contributed by atoms with Gasteiger partial charge in [-0.2, -0.15) is 0 Å². The third-order valence-corrected chi connectivity index (χ3v) is 3.99. The van der Waals surface area contributed by atoms with Gasteiger partial charge in [-0.05, 0) is 50.5 Å². The first-order valence-electron chi connectivity index (χ1n) is 7.61. The van der Waals surface area contributed by atoms with Crippen molar-refractivity contribution in [2.24, 2.45) is 23.5 Å². The minimum Gasteiger partial charge on any atom is -0.356 e. The summed E-state index contributed by atoms with van der Waals surface area (Å²) in [6.45, 7) is 6.04. The van der Waals surface area contributed by atoms with E-state index in [1.165, 1.54) is 19.3 Å². The fraction of sp³-hybridized carbons (Fsp3) is 0.933. The summed E-state index contributed by atoms with van der Waals surface area (Å²) in [5.41, 5.74) is 5.61. The fourth-order valence-corrected chi connectivity index (χ4v) is 2.89. The van der Waals surface area contributed by atoms with Gasteiger partial charge in [0.1, 0.15) is 0 Å². The molecular formula is C15H30N2O. The second kappa shape index (κ2) is 8.52. The average molecular weight is 254 g/mol. The number of hydrogen-bond donors (Lipinski definition) is 2. The lowest BCUT2D eigenvalue weighted by Crippen LogP contribution is -2.34. The van der Waals surface area contributed by atoms with E-state index in [1.54, 1.807) is 0 Å². The molecule has 1 amide bonds. The third kappa shape index (κ3) is 5.85. The van der Waals surface area contributed by atoms with E-state index in [9.17, 15) is 4.79 Å². The highest BCUT2D eigenvalue weighted by atomic mass is 16.1. The molecule has 0 aromatic rings. The van der Waals surface area contributed by atoms with Gasteiger partial charge < -0.3 is 11.1 Å². The zero-order valence-corrected chi connectivity index (χ0v) is 12.1. The lowest BCUT2D eigenvalue weighted by atomic mass is 9.79. The van der Waals surface area contributed by atoms with Gasteiger partial charge in [0, 0.05) is 12.5 Å². The Morgan fingerprint density at radius 2 is 2.17 bits per heavy atom. The number of nitrogens with two attached hydrogens (primary N) is 1. The minimum atomic E-state index is 0.245. The van der Waals surface area contributed by atoms with Crippen molar-refractivity contribution in [3.05, 3.63) is 0 Å². The van der Waals surface area contributed by atoms with E-state index in [4.69, 9.17) is 5.73 Å². The lowest BCUT2D eigenvalue weighted by molar-refractivity contribution is -0.126. The number of carbonyl (C=O) groups excluding carboxylic acids is 1. The molecule has 0 radical (unpaired) electrons. The van der Waals surface area contributed by atoms with Crippen molar-refractivity contribution in [1.82, 2.24) is 5.32 Å². The predicted octanol–water partition coefficient (Wildman–Crippen LogP) is 2.69. The maximum absolute atomic E-state index is 12.1. The Balaban J connectivity index is 2.20. The number of rotatable bonds is 7. The number of amides is 1. The molecular weight excluding hydrogens is 224 g/mol. The van der Waals surface area contributed by atoms with E-state index in [0.717, 1.165) is 44.7 Å². The molecule has 1 aliphatic carbocycles. The summed E-state index contributed by atoms with van der Waals surface area (Å²) < 4.78 is 0. The summed E-state index contributed by atoms with van der Waals surface area (Å²) in [5, 5.41) is 3.10. The Morgan fingerprint density at radius 3 is 2.83 bits per heavy atom. The summed E-state index contributed by atoms with van der Waals surface area (Å²) >= 11 is 0. The van der Waals surface area contributed by atoms with Crippen LogP contribution in [0.1, 0.15) is 58.8 Å². The first-order chi connectivity index (χ1) is 8.63. The number of nitrogens with one attached hydrogen (secondary N) is 1. The zero-order chi connectivity index (χ0) is 13.4. The number of hydrogen-bond acceptors (Lipinski definition) is 2. The van der Waals surface area contributed by atoms with Crippen LogP contribution in [-0.2, 0) is 4.79 Å². The van der Waals surface area contributed by atoms with Crippen molar-refractivity contribution in [2.45, 2.75) is 58.8 Å². The molecule has 1 aliphatic rings.